The van der Waals surface area contributed by atoms with Crippen LogP contribution < -0.4 is 10.6 Å². The summed E-state index contributed by atoms with van der Waals surface area (Å²) in [5.74, 6) is 1.41. The Kier molecular flexibility index (Phi) is 5.02. The standard InChI is InChI=1S/C15H20BrN3/c1-11(16)9-18-15(17-2)19-10-13-8-7-12-5-3-4-6-14(12)13/h3-6,13H,1,7-10H2,2H3,(H2,17,18,19). The molecule has 1 aliphatic rings. The van der Waals surface area contributed by atoms with Gasteiger partial charge in [0.05, 0.1) is 0 Å². The van der Waals surface area contributed by atoms with Crippen LogP contribution in [0.1, 0.15) is 23.5 Å². The van der Waals surface area contributed by atoms with E-state index in [1.54, 1.807) is 7.05 Å². The number of fused-ring (bicyclic) bond motifs is 1. The lowest BCUT2D eigenvalue weighted by Crippen LogP contribution is -2.39. The normalized spacial score (nSPS) is 18.0. The Labute approximate surface area is 123 Å². The average molecular weight is 322 g/mol. The fourth-order valence-electron chi connectivity index (χ4n) is 2.48. The first-order valence-electron chi connectivity index (χ1n) is 6.56. The molecule has 0 radical (unpaired) electrons. The molecule has 0 aromatic heterocycles. The van der Waals surface area contributed by atoms with Crippen LogP contribution in [0.15, 0.2) is 40.3 Å². The van der Waals surface area contributed by atoms with Crippen molar-refractivity contribution >= 4 is 21.9 Å². The third kappa shape index (κ3) is 3.83. The third-order valence-electron chi connectivity index (χ3n) is 3.44. The van der Waals surface area contributed by atoms with Crippen molar-refractivity contribution in [3.05, 3.63) is 46.5 Å². The molecule has 0 heterocycles. The van der Waals surface area contributed by atoms with E-state index in [0.717, 1.165) is 17.0 Å². The number of guanidine groups is 1. The molecular formula is C15H20BrN3. The summed E-state index contributed by atoms with van der Waals surface area (Å²) in [5, 5.41) is 6.59. The summed E-state index contributed by atoms with van der Waals surface area (Å²) in [4.78, 5) is 4.21. The van der Waals surface area contributed by atoms with Gasteiger partial charge in [-0.15, -0.1) is 0 Å². The van der Waals surface area contributed by atoms with Crippen LogP contribution in [0.5, 0.6) is 0 Å². The molecule has 0 fully saturated rings. The molecular weight excluding hydrogens is 302 g/mol. The number of nitrogens with one attached hydrogen (secondary N) is 2. The van der Waals surface area contributed by atoms with E-state index in [2.05, 4.69) is 62.4 Å². The van der Waals surface area contributed by atoms with Crippen LogP contribution in [0.4, 0.5) is 0 Å². The Hall–Kier alpha value is -1.29. The molecule has 1 unspecified atom stereocenters. The van der Waals surface area contributed by atoms with Crippen LogP contribution in [-0.4, -0.2) is 26.1 Å². The van der Waals surface area contributed by atoms with Crippen molar-refractivity contribution in [2.45, 2.75) is 18.8 Å². The number of hydrogen-bond acceptors (Lipinski definition) is 1. The molecule has 19 heavy (non-hydrogen) atoms. The minimum atomic E-state index is 0.585. The SMILES string of the molecule is C=C(Br)CNC(=NC)NCC1CCc2ccccc21. The molecule has 102 valence electrons. The van der Waals surface area contributed by atoms with E-state index in [1.807, 2.05) is 0 Å². The van der Waals surface area contributed by atoms with Crippen LogP contribution in [-0.2, 0) is 6.42 Å². The molecule has 1 aromatic carbocycles. The van der Waals surface area contributed by atoms with Gasteiger partial charge in [-0.3, -0.25) is 4.99 Å². The van der Waals surface area contributed by atoms with E-state index in [4.69, 9.17) is 0 Å². The minimum absolute atomic E-state index is 0.585. The van der Waals surface area contributed by atoms with Crippen LogP contribution >= 0.6 is 15.9 Å². The van der Waals surface area contributed by atoms with E-state index in [1.165, 1.54) is 24.0 Å². The van der Waals surface area contributed by atoms with Crippen molar-refractivity contribution in [2.75, 3.05) is 20.1 Å². The number of nitrogens with zero attached hydrogens (tertiary/aromatic N) is 1. The van der Waals surface area contributed by atoms with Gasteiger partial charge in [-0.25, -0.2) is 0 Å². The van der Waals surface area contributed by atoms with Gasteiger partial charge in [0.25, 0.3) is 0 Å². The molecule has 0 saturated carbocycles. The topological polar surface area (TPSA) is 36.4 Å². The maximum absolute atomic E-state index is 4.21. The van der Waals surface area contributed by atoms with E-state index in [0.29, 0.717) is 12.5 Å². The maximum atomic E-state index is 4.21. The van der Waals surface area contributed by atoms with Gasteiger partial charge < -0.3 is 10.6 Å². The number of hydrogen-bond donors (Lipinski definition) is 2. The lowest BCUT2D eigenvalue weighted by Gasteiger charge is -2.16. The molecule has 0 bridgehead atoms. The Morgan fingerprint density at radius 3 is 2.95 bits per heavy atom. The summed E-state index contributed by atoms with van der Waals surface area (Å²) in [6, 6.07) is 8.72. The number of aryl methyl sites for hydroxylation is 1. The lowest BCUT2D eigenvalue weighted by molar-refractivity contribution is 0.644. The molecule has 4 heteroatoms. The van der Waals surface area contributed by atoms with Crippen LogP contribution in [0.2, 0.25) is 0 Å². The number of halogens is 1. The summed E-state index contributed by atoms with van der Waals surface area (Å²) in [5.41, 5.74) is 2.97. The van der Waals surface area contributed by atoms with Gasteiger partial charge in [-0.2, -0.15) is 0 Å². The minimum Gasteiger partial charge on any atom is -0.356 e. The molecule has 1 aromatic rings. The van der Waals surface area contributed by atoms with Crippen molar-refractivity contribution in [2.24, 2.45) is 4.99 Å². The van der Waals surface area contributed by atoms with Crippen LogP contribution in [0.25, 0.3) is 0 Å². The van der Waals surface area contributed by atoms with Gasteiger partial charge in [0.15, 0.2) is 5.96 Å². The quantitative estimate of drug-likeness (QED) is 0.661. The number of rotatable bonds is 4. The largest absolute Gasteiger partial charge is 0.356 e. The zero-order chi connectivity index (χ0) is 13.7. The number of benzene rings is 1. The predicted octanol–water partition coefficient (Wildman–Crippen LogP) is 2.79. The van der Waals surface area contributed by atoms with Crippen LogP contribution in [0, 0.1) is 0 Å². The monoisotopic (exact) mass is 321 g/mol. The molecule has 2 N–H and O–H groups in total. The Balaban J connectivity index is 1.87. The zero-order valence-electron chi connectivity index (χ0n) is 11.2. The molecule has 0 aliphatic heterocycles. The summed E-state index contributed by atoms with van der Waals surface area (Å²) < 4.78 is 0.918. The van der Waals surface area contributed by atoms with Gasteiger partial charge in [0.2, 0.25) is 0 Å². The van der Waals surface area contributed by atoms with Crippen LogP contribution in [0.3, 0.4) is 0 Å². The molecule has 0 saturated heterocycles. The first-order valence-corrected chi connectivity index (χ1v) is 7.35. The third-order valence-corrected chi connectivity index (χ3v) is 3.72. The zero-order valence-corrected chi connectivity index (χ0v) is 12.8. The molecule has 0 amide bonds. The Morgan fingerprint density at radius 1 is 1.42 bits per heavy atom. The predicted molar refractivity (Wildman–Crippen MR) is 84.9 cm³/mol. The second-order valence-corrected chi connectivity index (χ2v) is 5.88. The molecule has 1 atom stereocenters. The summed E-state index contributed by atoms with van der Waals surface area (Å²) >= 11 is 3.33. The molecule has 1 aliphatic carbocycles. The van der Waals surface area contributed by atoms with E-state index < -0.39 is 0 Å². The highest BCUT2D eigenvalue weighted by atomic mass is 79.9. The van der Waals surface area contributed by atoms with E-state index >= 15 is 0 Å². The smallest absolute Gasteiger partial charge is 0.191 e. The second-order valence-electron chi connectivity index (χ2n) is 4.76. The maximum Gasteiger partial charge on any atom is 0.191 e. The van der Waals surface area contributed by atoms with Crippen molar-refractivity contribution in [3.63, 3.8) is 0 Å². The molecule has 2 rings (SSSR count). The van der Waals surface area contributed by atoms with Gasteiger partial charge in [-0.1, -0.05) is 46.8 Å². The first-order chi connectivity index (χ1) is 9.20. The summed E-state index contributed by atoms with van der Waals surface area (Å²) in [6.45, 7) is 5.40. The van der Waals surface area contributed by atoms with Crippen molar-refractivity contribution < 1.29 is 0 Å². The lowest BCUT2D eigenvalue weighted by atomic mass is 10.0. The first kappa shape index (κ1) is 14.1. The fraction of sp³-hybridized carbons (Fsp3) is 0.400. The highest BCUT2D eigenvalue weighted by Crippen LogP contribution is 2.31. The number of aliphatic imine (C=N–C) groups is 1. The summed E-state index contributed by atoms with van der Waals surface area (Å²) in [6.07, 6.45) is 2.40. The highest BCUT2D eigenvalue weighted by molar-refractivity contribution is 9.11. The summed E-state index contributed by atoms with van der Waals surface area (Å²) in [7, 11) is 1.79. The fourth-order valence-corrected chi connectivity index (χ4v) is 2.62. The second kappa shape index (κ2) is 6.75. The Morgan fingerprint density at radius 2 is 2.21 bits per heavy atom. The highest BCUT2D eigenvalue weighted by Gasteiger charge is 2.21. The van der Waals surface area contributed by atoms with Crippen molar-refractivity contribution in [1.29, 1.82) is 0 Å². The van der Waals surface area contributed by atoms with E-state index in [-0.39, 0.29) is 0 Å². The van der Waals surface area contributed by atoms with Gasteiger partial charge >= 0.3 is 0 Å². The van der Waals surface area contributed by atoms with Gasteiger partial charge in [0.1, 0.15) is 0 Å². The van der Waals surface area contributed by atoms with Gasteiger partial charge in [-0.05, 0) is 24.0 Å². The average Bonchev–Trinajstić information content (AvgIpc) is 2.82. The van der Waals surface area contributed by atoms with Crippen molar-refractivity contribution in [1.82, 2.24) is 10.6 Å². The van der Waals surface area contributed by atoms with Crippen molar-refractivity contribution in [3.8, 4) is 0 Å². The molecule has 0 spiro atoms. The Bertz CT molecular complexity index is 482. The van der Waals surface area contributed by atoms with E-state index in [9.17, 15) is 0 Å². The molecule has 3 nitrogen and oxygen atoms in total. The van der Waals surface area contributed by atoms with Gasteiger partial charge in [0, 0.05) is 30.5 Å².